The van der Waals surface area contributed by atoms with Gasteiger partial charge in [-0.05, 0) is 36.8 Å². The predicted octanol–water partition coefficient (Wildman–Crippen LogP) is 3.72. The zero-order chi connectivity index (χ0) is 13.8. The van der Waals surface area contributed by atoms with Crippen LogP contribution in [0.15, 0.2) is 42.5 Å². The molecule has 0 saturated heterocycles. The average molecular weight is 278 g/mol. The number of amides is 1. The number of benzene rings is 2. The summed E-state index contributed by atoms with van der Waals surface area (Å²) in [6.07, 6.45) is 0. The first kappa shape index (κ1) is 13.6. The number of rotatable bonds is 3. The number of halogens is 2. The van der Waals surface area contributed by atoms with Gasteiger partial charge < -0.3 is 5.32 Å². The molecule has 98 valence electrons. The second kappa shape index (κ2) is 5.85. The number of nitrogens with one attached hydrogen (secondary N) is 1. The Balaban J connectivity index is 2.07. The number of carbonyl (C=O) groups is 1. The van der Waals surface area contributed by atoms with Gasteiger partial charge in [0.05, 0.1) is 5.56 Å². The molecule has 0 spiro atoms. The molecule has 0 fully saturated rings. The fourth-order valence-electron chi connectivity index (χ4n) is 1.74. The normalized spacial score (nSPS) is 10.3. The highest BCUT2D eigenvalue weighted by Crippen LogP contribution is 2.12. The van der Waals surface area contributed by atoms with Gasteiger partial charge in [-0.1, -0.05) is 35.4 Å². The van der Waals surface area contributed by atoms with Crippen molar-refractivity contribution in [1.29, 1.82) is 0 Å². The first-order valence-electron chi connectivity index (χ1n) is 5.85. The van der Waals surface area contributed by atoms with Crippen LogP contribution in [0.4, 0.5) is 4.39 Å². The van der Waals surface area contributed by atoms with Gasteiger partial charge in [-0.2, -0.15) is 0 Å². The average Bonchev–Trinajstić information content (AvgIpc) is 2.39. The molecule has 0 heterocycles. The van der Waals surface area contributed by atoms with Crippen molar-refractivity contribution in [2.24, 2.45) is 0 Å². The minimum atomic E-state index is -0.519. The summed E-state index contributed by atoms with van der Waals surface area (Å²) >= 11 is 5.85. The largest absolute Gasteiger partial charge is 0.348 e. The summed E-state index contributed by atoms with van der Waals surface area (Å²) in [6.45, 7) is 2.12. The molecule has 0 radical (unpaired) electrons. The number of aryl methyl sites for hydroxylation is 1. The molecule has 2 nitrogen and oxygen atoms in total. The van der Waals surface area contributed by atoms with Gasteiger partial charge in [-0.25, -0.2) is 4.39 Å². The molecule has 1 N–H and O–H groups in total. The third kappa shape index (κ3) is 3.55. The van der Waals surface area contributed by atoms with Crippen molar-refractivity contribution < 1.29 is 9.18 Å². The summed E-state index contributed by atoms with van der Waals surface area (Å²) in [6, 6.07) is 11.6. The Morgan fingerprint density at radius 3 is 2.79 bits per heavy atom. The van der Waals surface area contributed by atoms with E-state index < -0.39 is 11.7 Å². The third-order valence-corrected chi connectivity index (χ3v) is 2.94. The van der Waals surface area contributed by atoms with E-state index in [9.17, 15) is 9.18 Å². The van der Waals surface area contributed by atoms with Crippen LogP contribution < -0.4 is 5.32 Å². The molecule has 19 heavy (non-hydrogen) atoms. The van der Waals surface area contributed by atoms with Crippen LogP contribution in [0.2, 0.25) is 5.02 Å². The van der Waals surface area contributed by atoms with E-state index in [-0.39, 0.29) is 5.56 Å². The Labute approximate surface area is 116 Å². The van der Waals surface area contributed by atoms with Crippen molar-refractivity contribution in [3.8, 4) is 0 Å². The second-order valence-corrected chi connectivity index (χ2v) is 4.73. The maximum absolute atomic E-state index is 13.5. The smallest absolute Gasteiger partial charge is 0.254 e. The number of hydrogen-bond acceptors (Lipinski definition) is 1. The standard InChI is InChI=1S/C15H13ClFNO/c1-10-5-6-14(17)13(7-10)15(19)18-9-11-3-2-4-12(16)8-11/h2-8H,9H2,1H3,(H,18,19). The van der Waals surface area contributed by atoms with E-state index in [4.69, 9.17) is 11.6 Å². The van der Waals surface area contributed by atoms with Crippen LogP contribution in [-0.2, 0) is 6.54 Å². The summed E-state index contributed by atoms with van der Waals surface area (Å²) in [4.78, 5) is 11.9. The summed E-state index contributed by atoms with van der Waals surface area (Å²) in [5.74, 6) is -0.949. The van der Waals surface area contributed by atoms with Crippen LogP contribution in [0.3, 0.4) is 0 Å². The molecular weight excluding hydrogens is 265 g/mol. The lowest BCUT2D eigenvalue weighted by Gasteiger charge is -2.07. The van der Waals surface area contributed by atoms with Crippen molar-refractivity contribution in [3.63, 3.8) is 0 Å². The maximum atomic E-state index is 13.5. The minimum absolute atomic E-state index is 0.0574. The minimum Gasteiger partial charge on any atom is -0.348 e. The molecule has 0 saturated carbocycles. The Hall–Kier alpha value is -1.87. The maximum Gasteiger partial charge on any atom is 0.254 e. The molecule has 2 rings (SSSR count). The fourth-order valence-corrected chi connectivity index (χ4v) is 1.95. The van der Waals surface area contributed by atoms with E-state index in [1.165, 1.54) is 12.1 Å². The third-order valence-electron chi connectivity index (χ3n) is 2.71. The van der Waals surface area contributed by atoms with Gasteiger partial charge in [0, 0.05) is 11.6 Å². The summed E-state index contributed by atoms with van der Waals surface area (Å²) in [7, 11) is 0. The molecule has 0 aliphatic rings. The SMILES string of the molecule is Cc1ccc(F)c(C(=O)NCc2cccc(Cl)c2)c1. The molecule has 4 heteroatoms. The van der Waals surface area contributed by atoms with Crippen molar-refractivity contribution in [1.82, 2.24) is 5.32 Å². The zero-order valence-electron chi connectivity index (χ0n) is 10.4. The van der Waals surface area contributed by atoms with E-state index in [0.717, 1.165) is 11.1 Å². The highest BCUT2D eigenvalue weighted by atomic mass is 35.5. The van der Waals surface area contributed by atoms with Crippen LogP contribution in [0.25, 0.3) is 0 Å². The molecule has 0 atom stereocenters. The van der Waals surface area contributed by atoms with Gasteiger partial charge in [-0.15, -0.1) is 0 Å². The highest BCUT2D eigenvalue weighted by molar-refractivity contribution is 6.30. The van der Waals surface area contributed by atoms with Crippen molar-refractivity contribution in [3.05, 3.63) is 70.0 Å². The van der Waals surface area contributed by atoms with Gasteiger partial charge in [-0.3, -0.25) is 4.79 Å². The van der Waals surface area contributed by atoms with Crippen LogP contribution in [0, 0.1) is 12.7 Å². The molecule has 0 unspecified atom stereocenters. The molecule has 2 aromatic carbocycles. The molecule has 2 aromatic rings. The van der Waals surface area contributed by atoms with Crippen LogP contribution in [-0.4, -0.2) is 5.91 Å². The molecule has 0 bridgehead atoms. The van der Waals surface area contributed by atoms with E-state index in [1.807, 2.05) is 13.0 Å². The first-order valence-corrected chi connectivity index (χ1v) is 6.23. The zero-order valence-corrected chi connectivity index (χ0v) is 11.2. The first-order chi connectivity index (χ1) is 9.06. The predicted molar refractivity (Wildman–Crippen MR) is 73.8 cm³/mol. The van der Waals surface area contributed by atoms with Gasteiger partial charge >= 0.3 is 0 Å². The van der Waals surface area contributed by atoms with Crippen molar-refractivity contribution in [2.45, 2.75) is 13.5 Å². The lowest BCUT2D eigenvalue weighted by atomic mass is 10.1. The molecule has 0 aliphatic heterocycles. The van der Waals surface area contributed by atoms with E-state index in [2.05, 4.69) is 5.32 Å². The Kier molecular flexibility index (Phi) is 4.17. The topological polar surface area (TPSA) is 29.1 Å². The van der Waals surface area contributed by atoms with Crippen molar-refractivity contribution in [2.75, 3.05) is 0 Å². The molecule has 0 aliphatic carbocycles. The summed E-state index contributed by atoms with van der Waals surface area (Å²) < 4.78 is 13.5. The fraction of sp³-hybridized carbons (Fsp3) is 0.133. The lowest BCUT2D eigenvalue weighted by molar-refractivity contribution is 0.0947. The Morgan fingerprint density at radius 2 is 2.05 bits per heavy atom. The van der Waals surface area contributed by atoms with Gasteiger partial charge in [0.1, 0.15) is 5.82 Å². The van der Waals surface area contributed by atoms with E-state index >= 15 is 0 Å². The van der Waals surface area contributed by atoms with Crippen LogP contribution >= 0.6 is 11.6 Å². The van der Waals surface area contributed by atoms with Gasteiger partial charge in [0.2, 0.25) is 0 Å². The van der Waals surface area contributed by atoms with E-state index in [1.54, 1.807) is 24.3 Å². The second-order valence-electron chi connectivity index (χ2n) is 4.30. The monoisotopic (exact) mass is 277 g/mol. The Morgan fingerprint density at radius 1 is 1.26 bits per heavy atom. The van der Waals surface area contributed by atoms with Gasteiger partial charge in [0.15, 0.2) is 0 Å². The molecule has 1 amide bonds. The Bertz CT molecular complexity index is 613. The molecular formula is C15H13ClFNO. The number of carbonyl (C=O) groups excluding carboxylic acids is 1. The van der Waals surface area contributed by atoms with Crippen LogP contribution in [0.5, 0.6) is 0 Å². The van der Waals surface area contributed by atoms with Gasteiger partial charge in [0.25, 0.3) is 5.91 Å². The highest BCUT2D eigenvalue weighted by Gasteiger charge is 2.11. The van der Waals surface area contributed by atoms with E-state index in [0.29, 0.717) is 11.6 Å². The molecule has 0 aromatic heterocycles. The quantitative estimate of drug-likeness (QED) is 0.910. The number of hydrogen-bond donors (Lipinski definition) is 1. The summed E-state index contributed by atoms with van der Waals surface area (Å²) in [5, 5.41) is 3.28. The summed E-state index contributed by atoms with van der Waals surface area (Å²) in [5.41, 5.74) is 1.77. The lowest BCUT2D eigenvalue weighted by Crippen LogP contribution is -2.23. The van der Waals surface area contributed by atoms with Crippen LogP contribution in [0.1, 0.15) is 21.5 Å². The van der Waals surface area contributed by atoms with Crippen molar-refractivity contribution >= 4 is 17.5 Å².